The van der Waals surface area contributed by atoms with Crippen molar-refractivity contribution in [2.24, 2.45) is 0 Å². The number of carbonyl (C=O) groups excluding carboxylic acids is 1. The summed E-state index contributed by atoms with van der Waals surface area (Å²) in [5, 5.41) is 12.0. The number of hydrogen-bond donors (Lipinski definition) is 1. The van der Waals surface area contributed by atoms with E-state index in [4.69, 9.17) is 13.9 Å². The van der Waals surface area contributed by atoms with E-state index in [9.17, 15) is 23.2 Å². The molecular weight excluding hydrogens is 511 g/mol. The molecule has 39 heavy (non-hydrogen) atoms. The van der Waals surface area contributed by atoms with Crippen LogP contribution < -0.4 is 10.1 Å². The largest absolute Gasteiger partial charge is 0.489 e. The molecule has 200 valence electrons. The lowest BCUT2D eigenvalue weighted by Gasteiger charge is -2.23. The number of nitrogens with one attached hydrogen (secondary N) is 1. The zero-order valence-corrected chi connectivity index (χ0v) is 20.8. The number of aromatic nitrogens is 1. The molecule has 10 heteroatoms. The Morgan fingerprint density at radius 1 is 1.08 bits per heavy atom. The Balaban J connectivity index is 1.36. The van der Waals surface area contributed by atoms with E-state index in [0.29, 0.717) is 47.0 Å². The van der Waals surface area contributed by atoms with Gasteiger partial charge >= 0.3 is 6.18 Å². The van der Waals surface area contributed by atoms with Gasteiger partial charge in [-0.2, -0.15) is 18.4 Å². The van der Waals surface area contributed by atoms with Gasteiger partial charge in [-0.3, -0.25) is 9.78 Å². The molecule has 1 fully saturated rings. The third-order valence-corrected chi connectivity index (χ3v) is 6.41. The number of fused-ring (bicyclic) bond motifs is 1. The zero-order valence-electron chi connectivity index (χ0n) is 20.8. The third-order valence-electron chi connectivity index (χ3n) is 6.41. The normalized spacial score (nSPS) is 14.2. The third kappa shape index (κ3) is 6.21. The molecule has 1 aliphatic heterocycles. The van der Waals surface area contributed by atoms with E-state index < -0.39 is 25.0 Å². The van der Waals surface area contributed by atoms with Gasteiger partial charge in [-0.1, -0.05) is 18.2 Å². The lowest BCUT2D eigenvalue weighted by molar-refractivity contribution is -0.133. The molecule has 7 nitrogen and oxygen atoms in total. The average molecular weight is 536 g/mol. The van der Waals surface area contributed by atoms with Gasteiger partial charge in [0.25, 0.3) is 5.91 Å². The topological polar surface area (TPSA) is 97.4 Å². The first-order valence-electron chi connectivity index (χ1n) is 12.4. The summed E-state index contributed by atoms with van der Waals surface area (Å²) in [6.45, 7) is 0.787. The van der Waals surface area contributed by atoms with Gasteiger partial charge in [-0.25, -0.2) is 0 Å². The Kier molecular flexibility index (Phi) is 7.52. The van der Waals surface area contributed by atoms with E-state index in [1.54, 1.807) is 42.6 Å². The van der Waals surface area contributed by atoms with Crippen LogP contribution in [-0.2, 0) is 4.74 Å². The fourth-order valence-corrected chi connectivity index (χ4v) is 4.37. The molecule has 0 radical (unpaired) electrons. The van der Waals surface area contributed by atoms with Crippen LogP contribution >= 0.6 is 0 Å². The van der Waals surface area contributed by atoms with Gasteiger partial charge in [-0.05, 0) is 35.9 Å². The van der Waals surface area contributed by atoms with E-state index in [0.717, 1.165) is 24.0 Å². The van der Waals surface area contributed by atoms with Crippen LogP contribution in [0.5, 0.6) is 5.75 Å². The van der Waals surface area contributed by atoms with Crippen molar-refractivity contribution in [3.05, 3.63) is 71.9 Å². The smallest absolute Gasteiger partial charge is 0.390 e. The number of hydrogen-bond acceptors (Lipinski definition) is 6. The van der Waals surface area contributed by atoms with Crippen LogP contribution in [0.4, 0.5) is 13.2 Å². The monoisotopic (exact) mass is 535 g/mol. The van der Waals surface area contributed by atoms with Crippen LogP contribution in [0.2, 0.25) is 0 Å². The number of furan rings is 1. The summed E-state index contributed by atoms with van der Waals surface area (Å²) in [6.07, 6.45) is -2.21. The molecule has 1 saturated heterocycles. The molecule has 1 amide bonds. The molecule has 4 aromatic rings. The molecule has 0 unspecified atom stereocenters. The Hall–Kier alpha value is -4.36. The summed E-state index contributed by atoms with van der Waals surface area (Å²) in [6, 6.07) is 17.6. The number of nitriles is 1. The van der Waals surface area contributed by atoms with Crippen molar-refractivity contribution < 1.29 is 31.9 Å². The first kappa shape index (κ1) is 26.3. The van der Waals surface area contributed by atoms with E-state index in [2.05, 4.69) is 16.4 Å². The second kappa shape index (κ2) is 11.2. The fourth-order valence-electron chi connectivity index (χ4n) is 4.37. The summed E-state index contributed by atoms with van der Waals surface area (Å²) in [5.41, 5.74) is 3.98. The first-order valence-corrected chi connectivity index (χ1v) is 12.4. The zero-order chi connectivity index (χ0) is 27.4. The fraction of sp³-hybridized carbons (Fsp3) is 0.276. The van der Waals surface area contributed by atoms with E-state index in [1.165, 1.54) is 12.1 Å². The molecular formula is C29H24F3N3O4. The Morgan fingerprint density at radius 2 is 1.82 bits per heavy atom. The van der Waals surface area contributed by atoms with Gasteiger partial charge in [0.15, 0.2) is 5.58 Å². The molecule has 2 aromatic carbocycles. The van der Waals surface area contributed by atoms with Gasteiger partial charge in [0.05, 0.1) is 25.2 Å². The lowest BCUT2D eigenvalue weighted by atomic mass is 10.0. The van der Waals surface area contributed by atoms with Crippen LogP contribution in [0.1, 0.15) is 35.2 Å². The standard InChI is InChI=1S/C29H24F3N3O4/c30-29(31,32)10-12-35-28(36)19-3-1-18(2-4-19)26-16-24-27(39-26)23(7-11-34-24)20-5-6-25(21(15-20)17-33)38-22-8-13-37-14-9-22/h1-7,11,15-16,22H,8-10,12-14H2,(H,35,36). The lowest BCUT2D eigenvalue weighted by Crippen LogP contribution is -2.27. The molecule has 1 N–H and O–H groups in total. The summed E-state index contributed by atoms with van der Waals surface area (Å²) < 4.78 is 54.6. The molecule has 0 spiro atoms. The van der Waals surface area contributed by atoms with E-state index in [-0.39, 0.29) is 11.7 Å². The second-order valence-corrected chi connectivity index (χ2v) is 9.13. The minimum absolute atomic E-state index is 0.00863. The maximum Gasteiger partial charge on any atom is 0.390 e. The summed E-state index contributed by atoms with van der Waals surface area (Å²) in [4.78, 5) is 16.6. The molecule has 0 saturated carbocycles. The summed E-state index contributed by atoms with van der Waals surface area (Å²) in [7, 11) is 0. The number of halogens is 3. The Labute approximate surface area is 222 Å². The van der Waals surface area contributed by atoms with Gasteiger partial charge in [0.1, 0.15) is 29.2 Å². The molecule has 0 aliphatic carbocycles. The number of carbonyl (C=O) groups is 1. The van der Waals surface area contributed by atoms with Crippen LogP contribution in [0, 0.1) is 11.3 Å². The quantitative estimate of drug-likeness (QED) is 0.299. The Morgan fingerprint density at radius 3 is 2.54 bits per heavy atom. The molecule has 2 aromatic heterocycles. The SMILES string of the molecule is N#Cc1cc(-c2ccnc3cc(-c4ccc(C(=O)NCCC(F)(F)F)cc4)oc23)ccc1OC1CCOCC1. The highest BCUT2D eigenvalue weighted by Crippen LogP contribution is 2.35. The average Bonchev–Trinajstić information content (AvgIpc) is 3.38. The highest BCUT2D eigenvalue weighted by molar-refractivity contribution is 5.95. The van der Waals surface area contributed by atoms with Gasteiger partial charge in [0.2, 0.25) is 0 Å². The number of ether oxygens (including phenoxy) is 2. The van der Waals surface area contributed by atoms with Gasteiger partial charge < -0.3 is 19.2 Å². The summed E-state index contributed by atoms with van der Waals surface area (Å²) in [5.74, 6) is 0.451. The van der Waals surface area contributed by atoms with Crippen molar-refractivity contribution in [3.63, 3.8) is 0 Å². The predicted octanol–water partition coefficient (Wildman–Crippen LogP) is 6.27. The van der Waals surface area contributed by atoms with Crippen molar-refractivity contribution in [2.45, 2.75) is 31.5 Å². The van der Waals surface area contributed by atoms with Crippen molar-refractivity contribution in [2.75, 3.05) is 19.8 Å². The van der Waals surface area contributed by atoms with Crippen molar-refractivity contribution in [3.8, 4) is 34.3 Å². The molecule has 5 rings (SSSR count). The molecule has 0 atom stereocenters. The maximum absolute atomic E-state index is 12.3. The van der Waals surface area contributed by atoms with E-state index in [1.807, 2.05) is 6.07 Å². The number of benzene rings is 2. The minimum Gasteiger partial charge on any atom is -0.489 e. The van der Waals surface area contributed by atoms with Crippen molar-refractivity contribution in [1.82, 2.24) is 10.3 Å². The maximum atomic E-state index is 12.3. The predicted molar refractivity (Wildman–Crippen MR) is 137 cm³/mol. The number of alkyl halides is 3. The van der Waals surface area contributed by atoms with E-state index >= 15 is 0 Å². The molecule has 1 aliphatic rings. The van der Waals surface area contributed by atoms with Crippen molar-refractivity contribution >= 4 is 17.0 Å². The van der Waals surface area contributed by atoms with Crippen molar-refractivity contribution in [1.29, 1.82) is 5.26 Å². The Bertz CT molecular complexity index is 1520. The number of rotatable bonds is 7. The van der Waals surface area contributed by atoms with Crippen LogP contribution in [0.15, 0.2) is 65.2 Å². The van der Waals surface area contributed by atoms with Gasteiger partial charge in [0, 0.05) is 48.3 Å². The number of pyridine rings is 1. The van der Waals surface area contributed by atoms with Crippen LogP contribution in [0.25, 0.3) is 33.6 Å². The minimum atomic E-state index is -4.33. The van der Waals surface area contributed by atoms with Crippen LogP contribution in [0.3, 0.4) is 0 Å². The number of amides is 1. The molecule has 3 heterocycles. The molecule has 0 bridgehead atoms. The van der Waals surface area contributed by atoms with Gasteiger partial charge in [-0.15, -0.1) is 0 Å². The number of nitrogens with zero attached hydrogens (tertiary/aromatic N) is 2. The summed E-state index contributed by atoms with van der Waals surface area (Å²) >= 11 is 0. The highest BCUT2D eigenvalue weighted by atomic mass is 19.4. The van der Waals surface area contributed by atoms with Crippen LogP contribution in [-0.4, -0.2) is 42.9 Å². The first-order chi connectivity index (χ1) is 18.8. The second-order valence-electron chi connectivity index (χ2n) is 9.13. The highest BCUT2D eigenvalue weighted by Gasteiger charge is 2.26.